The van der Waals surface area contributed by atoms with Gasteiger partial charge in [-0.1, -0.05) is 12.1 Å². The van der Waals surface area contributed by atoms with Gasteiger partial charge < -0.3 is 4.90 Å². The summed E-state index contributed by atoms with van der Waals surface area (Å²) < 4.78 is 41.8. The van der Waals surface area contributed by atoms with Gasteiger partial charge in [0.25, 0.3) is 0 Å². The van der Waals surface area contributed by atoms with Gasteiger partial charge in [-0.05, 0) is 48.9 Å². The number of halogens is 1. The van der Waals surface area contributed by atoms with E-state index in [-0.39, 0.29) is 11.9 Å². The van der Waals surface area contributed by atoms with E-state index >= 15 is 0 Å². The smallest absolute Gasteiger partial charge is 0.250 e. The van der Waals surface area contributed by atoms with Crippen LogP contribution in [-0.2, 0) is 10.0 Å². The van der Waals surface area contributed by atoms with Gasteiger partial charge in [0.1, 0.15) is 10.0 Å². The molecule has 124 valence electrons. The van der Waals surface area contributed by atoms with Crippen molar-refractivity contribution in [2.24, 2.45) is 0 Å². The molecule has 1 aliphatic heterocycles. The Morgan fingerprint density at radius 1 is 1.35 bits per heavy atom. The fourth-order valence-corrected chi connectivity index (χ4v) is 5.12. The maximum absolute atomic E-state index is 14.1. The molecule has 0 bridgehead atoms. The van der Waals surface area contributed by atoms with E-state index in [2.05, 4.69) is 4.72 Å². The maximum atomic E-state index is 14.1. The van der Waals surface area contributed by atoms with Crippen molar-refractivity contribution in [2.75, 3.05) is 18.0 Å². The summed E-state index contributed by atoms with van der Waals surface area (Å²) in [6.45, 7) is 3.13. The van der Waals surface area contributed by atoms with Gasteiger partial charge in [0.15, 0.2) is 0 Å². The standard InChI is InChI=1S/C16H19FN2O2S2/c1-12-6-7-14(17)15(10-12)19-8-2-4-13(11-19)18-23(20,21)16-5-3-9-22-16/h3,5-7,9-10,13,18H,2,4,8,11H2,1H3. The van der Waals surface area contributed by atoms with Gasteiger partial charge in [-0.2, -0.15) is 0 Å². The zero-order valence-electron chi connectivity index (χ0n) is 12.8. The summed E-state index contributed by atoms with van der Waals surface area (Å²) >= 11 is 1.20. The summed E-state index contributed by atoms with van der Waals surface area (Å²) in [5.74, 6) is -0.266. The summed E-state index contributed by atoms with van der Waals surface area (Å²) in [5.41, 5.74) is 1.53. The van der Waals surface area contributed by atoms with Crippen LogP contribution < -0.4 is 9.62 Å². The predicted molar refractivity (Wildman–Crippen MR) is 91.0 cm³/mol. The second-order valence-corrected chi connectivity index (χ2v) is 8.68. The summed E-state index contributed by atoms with van der Waals surface area (Å²) in [6, 6.07) is 8.10. The minimum Gasteiger partial charge on any atom is -0.368 e. The van der Waals surface area contributed by atoms with Crippen LogP contribution in [0.3, 0.4) is 0 Å². The van der Waals surface area contributed by atoms with Gasteiger partial charge in [0.2, 0.25) is 10.0 Å². The lowest BCUT2D eigenvalue weighted by Gasteiger charge is -2.34. The Bertz CT molecular complexity index is 775. The normalized spacial score (nSPS) is 19.0. The molecule has 3 rings (SSSR count). The number of piperidine rings is 1. The molecular formula is C16H19FN2O2S2. The van der Waals surface area contributed by atoms with Crippen LogP contribution in [0.4, 0.5) is 10.1 Å². The molecule has 7 heteroatoms. The van der Waals surface area contributed by atoms with E-state index in [4.69, 9.17) is 0 Å². The third-order valence-corrected chi connectivity index (χ3v) is 6.86. The quantitative estimate of drug-likeness (QED) is 0.918. The maximum Gasteiger partial charge on any atom is 0.250 e. The highest BCUT2D eigenvalue weighted by molar-refractivity contribution is 7.91. The minimum absolute atomic E-state index is 0.212. The van der Waals surface area contributed by atoms with Crippen LogP contribution >= 0.6 is 11.3 Å². The predicted octanol–water partition coefficient (Wildman–Crippen LogP) is 3.14. The van der Waals surface area contributed by atoms with Crippen molar-refractivity contribution in [3.8, 4) is 0 Å². The molecule has 1 fully saturated rings. The van der Waals surface area contributed by atoms with E-state index in [1.165, 1.54) is 17.4 Å². The molecule has 0 amide bonds. The molecule has 1 unspecified atom stereocenters. The molecule has 0 aliphatic carbocycles. The fourth-order valence-electron chi connectivity index (χ4n) is 2.85. The molecule has 1 N–H and O–H groups in total. The molecule has 23 heavy (non-hydrogen) atoms. The van der Waals surface area contributed by atoms with Crippen LogP contribution in [0.15, 0.2) is 39.9 Å². The average molecular weight is 354 g/mol. The third-order valence-electron chi connectivity index (χ3n) is 3.95. The molecule has 1 aliphatic rings. The van der Waals surface area contributed by atoms with E-state index < -0.39 is 10.0 Å². The number of rotatable bonds is 4. The topological polar surface area (TPSA) is 49.4 Å². The Morgan fingerprint density at radius 2 is 2.17 bits per heavy atom. The van der Waals surface area contributed by atoms with Crippen LogP contribution in [0, 0.1) is 12.7 Å². The molecule has 0 radical (unpaired) electrons. The lowest BCUT2D eigenvalue weighted by molar-refractivity contribution is 0.462. The van der Waals surface area contributed by atoms with Gasteiger partial charge in [-0.3, -0.25) is 0 Å². The second kappa shape index (κ2) is 6.59. The van der Waals surface area contributed by atoms with Crippen LogP contribution in [0.5, 0.6) is 0 Å². The van der Waals surface area contributed by atoms with Crippen LogP contribution in [0.2, 0.25) is 0 Å². The van der Waals surface area contributed by atoms with E-state index in [9.17, 15) is 12.8 Å². The van der Waals surface area contributed by atoms with Crippen molar-refractivity contribution in [3.63, 3.8) is 0 Å². The number of nitrogens with zero attached hydrogens (tertiary/aromatic N) is 1. The second-order valence-electron chi connectivity index (χ2n) is 5.79. The Labute approximate surface area is 140 Å². The highest BCUT2D eigenvalue weighted by Crippen LogP contribution is 2.25. The molecule has 1 atom stereocenters. The van der Waals surface area contributed by atoms with E-state index in [1.54, 1.807) is 23.6 Å². The van der Waals surface area contributed by atoms with Gasteiger partial charge in [-0.15, -0.1) is 11.3 Å². The van der Waals surface area contributed by atoms with E-state index in [0.29, 0.717) is 16.4 Å². The number of benzene rings is 1. The first-order valence-corrected chi connectivity index (χ1v) is 9.89. The summed E-state index contributed by atoms with van der Waals surface area (Å²) in [4.78, 5) is 1.92. The summed E-state index contributed by atoms with van der Waals surface area (Å²) in [6.07, 6.45) is 1.58. The first kappa shape index (κ1) is 16.4. The van der Waals surface area contributed by atoms with E-state index in [0.717, 1.165) is 24.9 Å². The number of hydrogen-bond acceptors (Lipinski definition) is 4. The number of aryl methyl sites for hydroxylation is 1. The Morgan fingerprint density at radius 3 is 2.91 bits per heavy atom. The Hall–Kier alpha value is -1.44. The lowest BCUT2D eigenvalue weighted by atomic mass is 10.1. The number of hydrogen-bond donors (Lipinski definition) is 1. The van der Waals surface area contributed by atoms with Crippen molar-refractivity contribution in [1.29, 1.82) is 0 Å². The number of nitrogens with one attached hydrogen (secondary N) is 1. The van der Waals surface area contributed by atoms with Crippen LogP contribution in [-0.4, -0.2) is 27.5 Å². The number of sulfonamides is 1. The summed E-state index contributed by atoms with van der Waals surface area (Å²) in [7, 11) is -3.49. The van der Waals surface area contributed by atoms with E-state index in [1.807, 2.05) is 17.9 Å². The lowest BCUT2D eigenvalue weighted by Crippen LogP contribution is -2.47. The highest BCUT2D eigenvalue weighted by Gasteiger charge is 2.27. The third kappa shape index (κ3) is 3.73. The van der Waals surface area contributed by atoms with Crippen molar-refractivity contribution in [1.82, 2.24) is 4.72 Å². The van der Waals surface area contributed by atoms with Crippen molar-refractivity contribution in [3.05, 3.63) is 47.1 Å². The molecule has 1 saturated heterocycles. The minimum atomic E-state index is -3.49. The molecule has 1 aromatic carbocycles. The summed E-state index contributed by atoms with van der Waals surface area (Å²) in [5, 5.41) is 1.74. The van der Waals surface area contributed by atoms with Crippen LogP contribution in [0.25, 0.3) is 0 Å². The first-order valence-electron chi connectivity index (χ1n) is 7.52. The van der Waals surface area contributed by atoms with Crippen molar-refractivity contribution < 1.29 is 12.8 Å². The zero-order valence-corrected chi connectivity index (χ0v) is 14.5. The molecule has 2 aromatic rings. The SMILES string of the molecule is Cc1ccc(F)c(N2CCCC(NS(=O)(=O)c3cccs3)C2)c1. The first-order chi connectivity index (χ1) is 11.0. The highest BCUT2D eigenvalue weighted by atomic mass is 32.2. The number of thiophene rings is 1. The number of anilines is 1. The van der Waals surface area contributed by atoms with Gasteiger partial charge in [-0.25, -0.2) is 17.5 Å². The molecule has 1 aromatic heterocycles. The fraction of sp³-hybridized carbons (Fsp3) is 0.375. The van der Waals surface area contributed by atoms with Crippen LogP contribution in [0.1, 0.15) is 18.4 Å². The zero-order chi connectivity index (χ0) is 16.4. The van der Waals surface area contributed by atoms with Gasteiger partial charge >= 0.3 is 0 Å². The molecule has 4 nitrogen and oxygen atoms in total. The van der Waals surface area contributed by atoms with Crippen molar-refractivity contribution >= 4 is 27.0 Å². The van der Waals surface area contributed by atoms with Crippen molar-refractivity contribution in [2.45, 2.75) is 30.0 Å². The monoisotopic (exact) mass is 354 g/mol. The van der Waals surface area contributed by atoms with Gasteiger partial charge in [0.05, 0.1) is 5.69 Å². The Balaban J connectivity index is 1.75. The largest absolute Gasteiger partial charge is 0.368 e. The van der Waals surface area contributed by atoms with Gasteiger partial charge in [0, 0.05) is 19.1 Å². The molecule has 2 heterocycles. The molecule has 0 saturated carbocycles. The average Bonchev–Trinajstić information content (AvgIpc) is 3.05. The molecule has 0 spiro atoms. The molecular weight excluding hydrogens is 335 g/mol. The Kier molecular flexibility index (Phi) is 4.70.